The maximum Gasteiger partial charge on any atom is 0.242 e. The van der Waals surface area contributed by atoms with E-state index in [0.29, 0.717) is 12.0 Å². The summed E-state index contributed by atoms with van der Waals surface area (Å²) in [5.41, 5.74) is 5.57. The summed E-state index contributed by atoms with van der Waals surface area (Å²) >= 11 is 0. The first-order valence-corrected chi connectivity index (χ1v) is 6.74. The number of amides is 1. The van der Waals surface area contributed by atoms with E-state index in [1.54, 1.807) is 0 Å². The van der Waals surface area contributed by atoms with Crippen molar-refractivity contribution in [2.24, 2.45) is 10.7 Å². The molecule has 104 valence electrons. The standard InChI is InChI=1S/C13H26N4O/c1-13(2,3)17-12(14)15-9-11(18)16-10-7-5-4-6-8-10/h10H,4-9H2,1-3H3,(H,16,18)(H3,14,15,17). The molecule has 4 N–H and O–H groups in total. The zero-order chi connectivity index (χ0) is 13.6. The third-order valence-corrected chi connectivity index (χ3v) is 2.87. The highest BCUT2D eigenvalue weighted by Gasteiger charge is 2.15. The Hall–Kier alpha value is -1.26. The van der Waals surface area contributed by atoms with Crippen LogP contribution in [0.25, 0.3) is 0 Å². The minimum Gasteiger partial charge on any atom is -0.370 e. The molecule has 1 fully saturated rings. The molecule has 0 bridgehead atoms. The highest BCUT2D eigenvalue weighted by atomic mass is 16.1. The summed E-state index contributed by atoms with van der Waals surface area (Å²) in [6, 6.07) is 0.332. The molecule has 0 spiro atoms. The van der Waals surface area contributed by atoms with Gasteiger partial charge >= 0.3 is 0 Å². The van der Waals surface area contributed by atoms with Crippen LogP contribution in [0, 0.1) is 0 Å². The molecule has 0 aromatic carbocycles. The van der Waals surface area contributed by atoms with Crippen molar-refractivity contribution in [1.82, 2.24) is 10.6 Å². The molecule has 0 heterocycles. The number of guanidine groups is 1. The third kappa shape index (κ3) is 6.47. The van der Waals surface area contributed by atoms with Gasteiger partial charge in [0.25, 0.3) is 0 Å². The molecule has 1 amide bonds. The Balaban J connectivity index is 2.29. The van der Waals surface area contributed by atoms with Gasteiger partial charge < -0.3 is 16.4 Å². The molecule has 5 nitrogen and oxygen atoms in total. The van der Waals surface area contributed by atoms with Gasteiger partial charge in [-0.2, -0.15) is 0 Å². The Morgan fingerprint density at radius 2 is 1.89 bits per heavy atom. The van der Waals surface area contributed by atoms with Gasteiger partial charge in [0.1, 0.15) is 6.54 Å². The third-order valence-electron chi connectivity index (χ3n) is 2.87. The fourth-order valence-electron chi connectivity index (χ4n) is 2.10. The van der Waals surface area contributed by atoms with Gasteiger partial charge in [0.05, 0.1) is 0 Å². The second-order valence-corrected chi connectivity index (χ2v) is 5.98. The minimum atomic E-state index is -0.132. The molecule has 0 saturated heterocycles. The predicted octanol–water partition coefficient (Wildman–Crippen LogP) is 1.14. The zero-order valence-electron chi connectivity index (χ0n) is 11.8. The summed E-state index contributed by atoms with van der Waals surface area (Å²) in [6.45, 7) is 6.10. The van der Waals surface area contributed by atoms with E-state index in [4.69, 9.17) is 5.73 Å². The van der Waals surface area contributed by atoms with Crippen molar-refractivity contribution in [2.45, 2.75) is 64.5 Å². The summed E-state index contributed by atoms with van der Waals surface area (Å²) in [7, 11) is 0. The first-order chi connectivity index (χ1) is 8.37. The molecule has 1 aliphatic carbocycles. The van der Waals surface area contributed by atoms with Crippen molar-refractivity contribution in [1.29, 1.82) is 0 Å². The lowest BCUT2D eigenvalue weighted by molar-refractivity contribution is -0.120. The topological polar surface area (TPSA) is 79.5 Å². The lowest BCUT2D eigenvalue weighted by atomic mass is 9.95. The summed E-state index contributed by atoms with van der Waals surface area (Å²) in [4.78, 5) is 15.7. The first-order valence-electron chi connectivity index (χ1n) is 6.74. The Morgan fingerprint density at radius 1 is 1.28 bits per heavy atom. The maximum absolute atomic E-state index is 11.7. The molecular weight excluding hydrogens is 228 g/mol. The van der Waals surface area contributed by atoms with Crippen LogP contribution in [0.1, 0.15) is 52.9 Å². The Labute approximate surface area is 110 Å². The van der Waals surface area contributed by atoms with E-state index < -0.39 is 0 Å². The number of carbonyl (C=O) groups excluding carboxylic acids is 1. The fraction of sp³-hybridized carbons (Fsp3) is 0.846. The predicted molar refractivity (Wildman–Crippen MR) is 74.4 cm³/mol. The minimum absolute atomic E-state index is 0.0411. The van der Waals surface area contributed by atoms with E-state index in [2.05, 4.69) is 15.6 Å². The van der Waals surface area contributed by atoms with E-state index in [9.17, 15) is 4.79 Å². The number of rotatable bonds is 3. The Bertz CT molecular complexity index is 301. The maximum atomic E-state index is 11.7. The van der Waals surface area contributed by atoms with Gasteiger partial charge in [-0.1, -0.05) is 19.3 Å². The van der Waals surface area contributed by atoms with Crippen LogP contribution in [-0.2, 0) is 4.79 Å². The molecule has 0 atom stereocenters. The van der Waals surface area contributed by atoms with Crippen molar-refractivity contribution in [3.63, 3.8) is 0 Å². The van der Waals surface area contributed by atoms with Gasteiger partial charge in [-0.3, -0.25) is 4.79 Å². The summed E-state index contributed by atoms with van der Waals surface area (Å²) in [5, 5.41) is 6.03. The van der Waals surface area contributed by atoms with E-state index in [1.165, 1.54) is 19.3 Å². The number of hydrogen-bond acceptors (Lipinski definition) is 2. The molecule has 1 aliphatic rings. The highest BCUT2D eigenvalue weighted by Crippen LogP contribution is 2.17. The summed E-state index contributed by atoms with van der Waals surface area (Å²) in [5.74, 6) is 0.279. The van der Waals surface area contributed by atoms with Crippen LogP contribution >= 0.6 is 0 Å². The average Bonchev–Trinajstić information content (AvgIpc) is 2.25. The fourth-order valence-corrected chi connectivity index (χ4v) is 2.10. The molecule has 1 saturated carbocycles. The molecule has 0 unspecified atom stereocenters. The van der Waals surface area contributed by atoms with Crippen molar-refractivity contribution < 1.29 is 4.79 Å². The van der Waals surface area contributed by atoms with Crippen molar-refractivity contribution in [2.75, 3.05) is 6.54 Å². The number of carbonyl (C=O) groups is 1. The average molecular weight is 254 g/mol. The number of nitrogens with zero attached hydrogens (tertiary/aromatic N) is 1. The van der Waals surface area contributed by atoms with Crippen LogP contribution in [0.2, 0.25) is 0 Å². The van der Waals surface area contributed by atoms with E-state index in [-0.39, 0.29) is 18.0 Å². The Morgan fingerprint density at radius 3 is 2.44 bits per heavy atom. The van der Waals surface area contributed by atoms with Crippen LogP contribution in [0.3, 0.4) is 0 Å². The second-order valence-electron chi connectivity index (χ2n) is 5.98. The molecule has 0 radical (unpaired) electrons. The van der Waals surface area contributed by atoms with E-state index in [1.807, 2.05) is 20.8 Å². The van der Waals surface area contributed by atoms with Crippen molar-refractivity contribution in [3.05, 3.63) is 0 Å². The van der Waals surface area contributed by atoms with E-state index >= 15 is 0 Å². The summed E-state index contributed by atoms with van der Waals surface area (Å²) < 4.78 is 0. The van der Waals surface area contributed by atoms with Crippen LogP contribution in [0.4, 0.5) is 0 Å². The Kier molecular flexibility index (Phi) is 5.44. The largest absolute Gasteiger partial charge is 0.370 e. The van der Waals surface area contributed by atoms with Gasteiger partial charge in [0.2, 0.25) is 5.91 Å². The quantitative estimate of drug-likeness (QED) is 0.522. The first kappa shape index (κ1) is 14.8. The number of hydrogen-bond donors (Lipinski definition) is 3. The molecule has 0 aromatic rings. The van der Waals surface area contributed by atoms with Crippen molar-refractivity contribution in [3.8, 4) is 0 Å². The van der Waals surface area contributed by atoms with E-state index in [0.717, 1.165) is 12.8 Å². The number of nitrogens with two attached hydrogens (primary N) is 1. The van der Waals surface area contributed by atoms with Gasteiger partial charge in [-0.25, -0.2) is 4.99 Å². The lowest BCUT2D eigenvalue weighted by Gasteiger charge is -2.23. The van der Waals surface area contributed by atoms with Crippen LogP contribution in [-0.4, -0.2) is 30.0 Å². The van der Waals surface area contributed by atoms with Gasteiger partial charge in [-0.05, 0) is 33.6 Å². The van der Waals surface area contributed by atoms with Crippen molar-refractivity contribution >= 4 is 11.9 Å². The zero-order valence-corrected chi connectivity index (χ0v) is 11.8. The van der Waals surface area contributed by atoms with Crippen LogP contribution in [0.15, 0.2) is 4.99 Å². The molecule has 0 aliphatic heterocycles. The molecule has 5 heteroatoms. The number of aliphatic imine (C=N–C) groups is 1. The van der Waals surface area contributed by atoms with Crippen LogP contribution < -0.4 is 16.4 Å². The monoisotopic (exact) mass is 254 g/mol. The highest BCUT2D eigenvalue weighted by molar-refractivity contribution is 5.84. The van der Waals surface area contributed by atoms with Gasteiger partial charge in [0, 0.05) is 11.6 Å². The molecule has 18 heavy (non-hydrogen) atoms. The smallest absolute Gasteiger partial charge is 0.242 e. The number of nitrogens with one attached hydrogen (secondary N) is 2. The normalized spacial score (nSPS) is 18.5. The lowest BCUT2D eigenvalue weighted by Crippen LogP contribution is -2.45. The second kappa shape index (κ2) is 6.61. The van der Waals surface area contributed by atoms with Crippen LogP contribution in [0.5, 0.6) is 0 Å². The molecule has 1 rings (SSSR count). The van der Waals surface area contributed by atoms with Gasteiger partial charge in [0.15, 0.2) is 5.96 Å². The van der Waals surface area contributed by atoms with Gasteiger partial charge in [-0.15, -0.1) is 0 Å². The summed E-state index contributed by atoms with van der Waals surface area (Å²) in [6.07, 6.45) is 5.88. The molecule has 0 aromatic heterocycles. The molecular formula is C13H26N4O. The SMILES string of the molecule is CC(C)(C)NC(N)=NCC(=O)NC1CCCCC1.